The molecule has 0 aliphatic rings. The summed E-state index contributed by atoms with van der Waals surface area (Å²) in [6, 6.07) is 18.2. The van der Waals surface area contributed by atoms with E-state index in [4.69, 9.17) is 4.74 Å². The summed E-state index contributed by atoms with van der Waals surface area (Å²) in [5, 5.41) is 16.7. The fourth-order valence-electron chi connectivity index (χ4n) is 3.29. The molecule has 0 spiro atoms. The number of carbonyl (C=O) groups is 2. The number of benzene rings is 3. The molecule has 184 valence electrons. The van der Waals surface area contributed by atoms with Gasteiger partial charge in [-0.25, -0.2) is 4.98 Å². The quantitative estimate of drug-likeness (QED) is 0.158. The zero-order valence-electron chi connectivity index (χ0n) is 19.4. The Bertz CT molecular complexity index is 1440. The van der Waals surface area contributed by atoms with Gasteiger partial charge in [0, 0.05) is 28.3 Å². The van der Waals surface area contributed by atoms with Gasteiger partial charge in [0.05, 0.1) is 27.0 Å². The number of amides is 2. The summed E-state index contributed by atoms with van der Waals surface area (Å²) in [6.07, 6.45) is 0. The van der Waals surface area contributed by atoms with Gasteiger partial charge in [-0.2, -0.15) is 0 Å². The summed E-state index contributed by atoms with van der Waals surface area (Å²) in [7, 11) is 0. The van der Waals surface area contributed by atoms with Crippen molar-refractivity contribution in [3.63, 3.8) is 0 Å². The summed E-state index contributed by atoms with van der Waals surface area (Å²) >= 11 is 2.71. The van der Waals surface area contributed by atoms with Gasteiger partial charge in [0.25, 0.3) is 11.6 Å². The Morgan fingerprint density at radius 1 is 1.11 bits per heavy atom. The summed E-state index contributed by atoms with van der Waals surface area (Å²) in [5.41, 5.74) is 1.32. The summed E-state index contributed by atoms with van der Waals surface area (Å²) < 4.78 is 6.44. The third-order valence-corrected chi connectivity index (χ3v) is 7.02. The molecule has 1 heterocycles. The number of thiazole rings is 1. The fraction of sp³-hybridized carbons (Fsp3) is 0.160. The minimum atomic E-state index is -0.549. The Kier molecular flexibility index (Phi) is 7.81. The number of fused-ring (bicyclic) bond motifs is 1. The maximum absolute atomic E-state index is 12.8. The van der Waals surface area contributed by atoms with Gasteiger partial charge in [-0.3, -0.25) is 19.7 Å². The molecule has 0 radical (unpaired) electrons. The predicted octanol–water partition coefficient (Wildman–Crippen LogP) is 5.97. The number of aromatic nitrogens is 1. The lowest BCUT2D eigenvalue weighted by molar-refractivity contribution is -0.384. The van der Waals surface area contributed by atoms with Crippen molar-refractivity contribution < 1.29 is 19.2 Å². The van der Waals surface area contributed by atoms with Crippen LogP contribution < -0.4 is 15.4 Å². The molecule has 2 N–H and O–H groups in total. The van der Waals surface area contributed by atoms with Crippen molar-refractivity contribution in [2.24, 2.45) is 0 Å². The number of nitrogens with zero attached hydrogens (tertiary/aromatic N) is 2. The second-order valence-corrected chi connectivity index (χ2v) is 10.1. The van der Waals surface area contributed by atoms with Crippen LogP contribution in [0.2, 0.25) is 0 Å². The maximum atomic E-state index is 12.8. The SMILES string of the molecule is CCOc1ccc2nc(NC(=O)C(C)Sc3cccc(NC(=O)c4cccc([N+](=O)[O-])c4)c3)sc2c1. The van der Waals surface area contributed by atoms with E-state index in [0.717, 1.165) is 20.9 Å². The Balaban J connectivity index is 1.38. The van der Waals surface area contributed by atoms with Crippen LogP contribution in [0, 0.1) is 10.1 Å². The maximum Gasteiger partial charge on any atom is 0.270 e. The first kappa shape index (κ1) is 25.1. The first-order chi connectivity index (χ1) is 17.3. The minimum Gasteiger partial charge on any atom is -0.494 e. The molecule has 0 aliphatic carbocycles. The monoisotopic (exact) mass is 522 g/mol. The smallest absolute Gasteiger partial charge is 0.270 e. The molecule has 0 bridgehead atoms. The molecule has 9 nitrogen and oxygen atoms in total. The van der Waals surface area contributed by atoms with Crippen LogP contribution in [0.3, 0.4) is 0 Å². The van der Waals surface area contributed by atoms with Crippen LogP contribution in [0.5, 0.6) is 5.75 Å². The lowest BCUT2D eigenvalue weighted by atomic mass is 10.2. The molecule has 4 aromatic rings. The Morgan fingerprint density at radius 3 is 2.69 bits per heavy atom. The number of carbonyl (C=O) groups excluding carboxylic acids is 2. The van der Waals surface area contributed by atoms with E-state index in [0.29, 0.717) is 17.4 Å². The molecule has 0 aliphatic heterocycles. The third-order valence-electron chi connectivity index (χ3n) is 4.99. The van der Waals surface area contributed by atoms with E-state index in [1.165, 1.54) is 47.4 Å². The second kappa shape index (κ2) is 11.2. The number of nitro benzene ring substituents is 1. The van der Waals surface area contributed by atoms with Gasteiger partial charge in [0.15, 0.2) is 5.13 Å². The first-order valence-corrected chi connectivity index (χ1v) is 12.7. The zero-order valence-corrected chi connectivity index (χ0v) is 21.0. The van der Waals surface area contributed by atoms with Gasteiger partial charge >= 0.3 is 0 Å². The minimum absolute atomic E-state index is 0.158. The number of thioether (sulfide) groups is 1. The van der Waals surface area contributed by atoms with Gasteiger partial charge in [0.1, 0.15) is 5.75 Å². The van der Waals surface area contributed by atoms with Crippen molar-refractivity contribution in [2.45, 2.75) is 24.0 Å². The molecule has 1 unspecified atom stereocenters. The van der Waals surface area contributed by atoms with Crippen molar-refractivity contribution in [2.75, 3.05) is 17.2 Å². The molecule has 3 aromatic carbocycles. The number of hydrogen-bond acceptors (Lipinski definition) is 8. The number of ether oxygens (including phenoxy) is 1. The normalized spacial score (nSPS) is 11.6. The van der Waals surface area contributed by atoms with Crippen molar-refractivity contribution in [1.29, 1.82) is 0 Å². The number of anilines is 2. The number of rotatable bonds is 9. The van der Waals surface area contributed by atoms with Crippen LogP contribution in [-0.2, 0) is 4.79 Å². The van der Waals surface area contributed by atoms with Crippen LogP contribution in [-0.4, -0.2) is 33.6 Å². The van der Waals surface area contributed by atoms with Crippen molar-refractivity contribution >= 4 is 61.6 Å². The van der Waals surface area contributed by atoms with Crippen LogP contribution in [0.15, 0.2) is 71.6 Å². The van der Waals surface area contributed by atoms with Crippen LogP contribution in [0.1, 0.15) is 24.2 Å². The Morgan fingerprint density at radius 2 is 1.92 bits per heavy atom. The standard InChI is InChI=1S/C25H22N4O5S2/c1-3-34-19-10-11-21-22(14-19)36-25(27-21)28-23(30)15(2)35-20-9-5-7-17(13-20)26-24(31)16-6-4-8-18(12-16)29(32)33/h4-15H,3H2,1-2H3,(H,26,31)(H,27,28,30). The highest BCUT2D eigenvalue weighted by Crippen LogP contribution is 2.31. The number of nitro groups is 1. The molecule has 36 heavy (non-hydrogen) atoms. The molecular weight excluding hydrogens is 500 g/mol. The zero-order chi connectivity index (χ0) is 25.7. The van der Waals surface area contributed by atoms with E-state index >= 15 is 0 Å². The number of hydrogen-bond donors (Lipinski definition) is 2. The third kappa shape index (κ3) is 6.18. The molecule has 0 saturated carbocycles. The average Bonchev–Trinajstić information content (AvgIpc) is 3.26. The van der Waals surface area contributed by atoms with Gasteiger partial charge in [-0.05, 0) is 56.3 Å². The molecule has 2 amide bonds. The van der Waals surface area contributed by atoms with Crippen LogP contribution >= 0.6 is 23.1 Å². The lowest BCUT2D eigenvalue weighted by Gasteiger charge is -2.12. The molecule has 11 heteroatoms. The topological polar surface area (TPSA) is 123 Å². The summed E-state index contributed by atoms with van der Waals surface area (Å²) in [6.45, 7) is 4.28. The van der Waals surface area contributed by atoms with Crippen LogP contribution in [0.25, 0.3) is 10.2 Å². The van der Waals surface area contributed by atoms with Gasteiger partial charge < -0.3 is 15.4 Å². The average molecular weight is 523 g/mol. The molecule has 0 saturated heterocycles. The fourth-order valence-corrected chi connectivity index (χ4v) is 5.11. The van der Waals surface area contributed by atoms with E-state index in [9.17, 15) is 19.7 Å². The highest BCUT2D eigenvalue weighted by Gasteiger charge is 2.18. The Labute approximate surface area is 215 Å². The number of non-ortho nitro benzene ring substituents is 1. The van der Waals surface area contributed by atoms with E-state index in [2.05, 4.69) is 15.6 Å². The van der Waals surface area contributed by atoms with E-state index in [-0.39, 0.29) is 17.2 Å². The largest absolute Gasteiger partial charge is 0.494 e. The summed E-state index contributed by atoms with van der Waals surface area (Å²) in [4.78, 5) is 41.0. The van der Waals surface area contributed by atoms with Crippen molar-refractivity contribution in [3.05, 3.63) is 82.4 Å². The van der Waals surface area contributed by atoms with E-state index < -0.39 is 16.1 Å². The first-order valence-electron chi connectivity index (χ1n) is 11.0. The van der Waals surface area contributed by atoms with E-state index in [1.807, 2.05) is 31.2 Å². The molecule has 4 rings (SSSR count). The van der Waals surface area contributed by atoms with Crippen molar-refractivity contribution in [3.8, 4) is 5.75 Å². The van der Waals surface area contributed by atoms with Crippen molar-refractivity contribution in [1.82, 2.24) is 4.98 Å². The van der Waals surface area contributed by atoms with Gasteiger partial charge in [-0.1, -0.05) is 23.5 Å². The Hall–Kier alpha value is -3.96. The highest BCUT2D eigenvalue weighted by molar-refractivity contribution is 8.00. The highest BCUT2D eigenvalue weighted by atomic mass is 32.2. The van der Waals surface area contributed by atoms with Gasteiger partial charge in [-0.15, -0.1) is 11.8 Å². The lowest BCUT2D eigenvalue weighted by Crippen LogP contribution is -2.22. The number of nitrogens with one attached hydrogen (secondary N) is 2. The summed E-state index contributed by atoms with van der Waals surface area (Å²) in [5.74, 6) is 0.0954. The van der Waals surface area contributed by atoms with Crippen LogP contribution in [0.4, 0.5) is 16.5 Å². The van der Waals surface area contributed by atoms with E-state index in [1.54, 1.807) is 25.1 Å². The second-order valence-electron chi connectivity index (χ2n) is 7.62. The molecule has 1 atom stereocenters. The predicted molar refractivity (Wildman–Crippen MR) is 142 cm³/mol. The molecule has 1 aromatic heterocycles. The molecule has 0 fully saturated rings. The van der Waals surface area contributed by atoms with Gasteiger partial charge in [0.2, 0.25) is 5.91 Å². The molecular formula is C25H22N4O5S2.